The van der Waals surface area contributed by atoms with Gasteiger partial charge in [-0.3, -0.25) is 9.59 Å². The van der Waals surface area contributed by atoms with Gasteiger partial charge in [-0.2, -0.15) is 0 Å². The highest BCUT2D eigenvalue weighted by atomic mass is 32.2. The smallest absolute Gasteiger partial charge is 0.314 e. The van der Waals surface area contributed by atoms with Crippen LogP contribution in [-0.4, -0.2) is 25.4 Å². The van der Waals surface area contributed by atoms with Crippen LogP contribution in [0.2, 0.25) is 0 Å². The van der Waals surface area contributed by atoms with Gasteiger partial charge in [0, 0.05) is 12.1 Å². The van der Waals surface area contributed by atoms with Crippen LogP contribution in [0.4, 0.5) is 5.69 Å². The van der Waals surface area contributed by atoms with Crippen molar-refractivity contribution in [3.63, 3.8) is 0 Å². The largest absolute Gasteiger partial charge is 0.481 e. The summed E-state index contributed by atoms with van der Waals surface area (Å²) in [6.45, 7) is 1.46. The Kier molecular flexibility index (Phi) is 6.57. The molecule has 3 N–H and O–H groups in total. The number of carbonyl (C=O) groups is 2. The van der Waals surface area contributed by atoms with Crippen molar-refractivity contribution >= 4 is 27.6 Å². The molecule has 2 aromatic carbocycles. The van der Waals surface area contributed by atoms with E-state index in [1.165, 1.54) is 37.5 Å². The average Bonchev–Trinajstić information content (AvgIpc) is 3.27. The molecule has 0 aliphatic heterocycles. The van der Waals surface area contributed by atoms with Crippen molar-refractivity contribution in [1.29, 1.82) is 0 Å². The van der Waals surface area contributed by atoms with Gasteiger partial charge in [0.25, 0.3) is 0 Å². The standard InChI is InChI=1S/C22H22N2O6S/c1-22(21(26)27,16-7-3-2-4-8-16)14-20(25)24-17-9-5-11-19(13-17)31(28,29)23-15-18-10-6-12-30-18/h2-13,23H,14-15H2,1H3,(H,24,25)(H,26,27). The molecule has 1 unspecified atom stereocenters. The molecule has 0 radical (unpaired) electrons. The Balaban J connectivity index is 1.72. The summed E-state index contributed by atoms with van der Waals surface area (Å²) in [5.74, 6) is -1.22. The quantitative estimate of drug-likeness (QED) is 0.467. The fraction of sp³-hybridized carbons (Fsp3) is 0.182. The van der Waals surface area contributed by atoms with Crippen molar-refractivity contribution in [2.24, 2.45) is 0 Å². The maximum Gasteiger partial charge on any atom is 0.314 e. The summed E-state index contributed by atoms with van der Waals surface area (Å²) in [5.41, 5.74) is -0.692. The third kappa shape index (κ3) is 5.39. The molecule has 8 nitrogen and oxygen atoms in total. The SMILES string of the molecule is CC(CC(=O)Nc1cccc(S(=O)(=O)NCc2ccco2)c1)(C(=O)O)c1ccccc1. The van der Waals surface area contributed by atoms with Crippen LogP contribution >= 0.6 is 0 Å². The molecular formula is C22H22N2O6S. The number of anilines is 1. The fourth-order valence-corrected chi connectivity index (χ4v) is 4.08. The van der Waals surface area contributed by atoms with Crippen molar-refractivity contribution in [2.45, 2.75) is 30.2 Å². The van der Waals surface area contributed by atoms with Crippen LogP contribution in [-0.2, 0) is 31.6 Å². The van der Waals surface area contributed by atoms with Crippen LogP contribution in [0.15, 0.2) is 82.3 Å². The molecule has 0 aliphatic rings. The third-order valence-corrected chi connectivity index (χ3v) is 6.24. The molecule has 0 saturated carbocycles. The lowest BCUT2D eigenvalue weighted by Gasteiger charge is -2.24. The first-order chi connectivity index (χ1) is 14.7. The lowest BCUT2D eigenvalue weighted by Crippen LogP contribution is -2.36. The Bertz CT molecular complexity index is 1160. The van der Waals surface area contributed by atoms with Crippen LogP contribution < -0.4 is 10.0 Å². The van der Waals surface area contributed by atoms with Crippen molar-refractivity contribution in [1.82, 2.24) is 4.72 Å². The Morgan fingerprint density at radius 1 is 1.03 bits per heavy atom. The van der Waals surface area contributed by atoms with Crippen molar-refractivity contribution < 1.29 is 27.5 Å². The highest BCUT2D eigenvalue weighted by molar-refractivity contribution is 7.89. The van der Waals surface area contributed by atoms with E-state index in [9.17, 15) is 23.1 Å². The van der Waals surface area contributed by atoms with Gasteiger partial charge in [0.15, 0.2) is 0 Å². The second kappa shape index (κ2) is 9.15. The molecule has 0 bridgehead atoms. The van der Waals surface area contributed by atoms with Gasteiger partial charge in [-0.25, -0.2) is 13.1 Å². The van der Waals surface area contributed by atoms with Gasteiger partial charge in [-0.15, -0.1) is 0 Å². The number of aliphatic carboxylic acids is 1. The number of benzene rings is 2. The maximum atomic E-state index is 12.6. The molecule has 0 spiro atoms. The third-order valence-electron chi connectivity index (χ3n) is 4.84. The van der Waals surface area contributed by atoms with E-state index >= 15 is 0 Å². The van der Waals surface area contributed by atoms with E-state index in [0.717, 1.165) is 0 Å². The number of carbonyl (C=O) groups excluding carboxylic acids is 1. The van der Waals surface area contributed by atoms with Crippen LogP contribution in [0, 0.1) is 0 Å². The zero-order chi connectivity index (χ0) is 22.5. The first-order valence-electron chi connectivity index (χ1n) is 9.41. The fourth-order valence-electron chi connectivity index (χ4n) is 3.04. The Morgan fingerprint density at radius 3 is 2.42 bits per heavy atom. The number of amides is 1. The normalized spacial score (nSPS) is 13.3. The summed E-state index contributed by atoms with van der Waals surface area (Å²) in [4.78, 5) is 24.4. The van der Waals surface area contributed by atoms with E-state index in [2.05, 4.69) is 10.0 Å². The minimum atomic E-state index is -3.84. The molecule has 162 valence electrons. The molecule has 1 aromatic heterocycles. The first kappa shape index (κ1) is 22.3. The first-order valence-corrected chi connectivity index (χ1v) is 10.9. The second-order valence-electron chi connectivity index (χ2n) is 7.16. The van der Waals surface area contributed by atoms with Gasteiger partial charge in [0.2, 0.25) is 15.9 Å². The Hall–Kier alpha value is -3.43. The Morgan fingerprint density at radius 2 is 1.77 bits per heavy atom. The minimum absolute atomic E-state index is 0.0139. The predicted octanol–water partition coefficient (Wildman–Crippen LogP) is 3.13. The molecule has 1 atom stereocenters. The maximum absolute atomic E-state index is 12.6. The molecule has 0 aliphatic carbocycles. The topological polar surface area (TPSA) is 126 Å². The highest BCUT2D eigenvalue weighted by Crippen LogP contribution is 2.29. The molecule has 0 fully saturated rings. The van der Waals surface area contributed by atoms with E-state index in [0.29, 0.717) is 11.3 Å². The number of rotatable bonds is 9. The van der Waals surface area contributed by atoms with E-state index in [1.807, 2.05) is 0 Å². The number of hydrogen-bond donors (Lipinski definition) is 3. The molecule has 9 heteroatoms. The molecule has 3 aromatic rings. The minimum Gasteiger partial charge on any atom is -0.481 e. The summed E-state index contributed by atoms with van der Waals surface area (Å²) in [5, 5.41) is 12.3. The molecule has 1 heterocycles. The van der Waals surface area contributed by atoms with Gasteiger partial charge in [0.1, 0.15) is 5.76 Å². The summed E-state index contributed by atoms with van der Waals surface area (Å²) in [7, 11) is -3.84. The van der Waals surface area contributed by atoms with Gasteiger partial charge in [-0.1, -0.05) is 36.4 Å². The number of hydrogen-bond acceptors (Lipinski definition) is 5. The molecule has 31 heavy (non-hydrogen) atoms. The molecule has 3 rings (SSSR count). The van der Waals surface area contributed by atoms with E-state index in [4.69, 9.17) is 4.42 Å². The molecule has 1 amide bonds. The van der Waals surface area contributed by atoms with E-state index in [1.54, 1.807) is 42.5 Å². The van der Waals surface area contributed by atoms with Crippen molar-refractivity contribution in [3.05, 3.63) is 84.3 Å². The highest BCUT2D eigenvalue weighted by Gasteiger charge is 2.37. The number of carboxylic acid groups (broad SMARTS) is 1. The summed E-state index contributed by atoms with van der Waals surface area (Å²) < 4.78 is 32.6. The van der Waals surface area contributed by atoms with Crippen LogP contribution in [0.3, 0.4) is 0 Å². The van der Waals surface area contributed by atoms with Gasteiger partial charge in [0.05, 0.1) is 23.1 Å². The van der Waals surface area contributed by atoms with Crippen LogP contribution in [0.5, 0.6) is 0 Å². The summed E-state index contributed by atoms with van der Waals surface area (Å²) in [6, 6.07) is 17.5. The summed E-state index contributed by atoms with van der Waals surface area (Å²) in [6.07, 6.45) is 1.13. The number of sulfonamides is 1. The zero-order valence-corrected chi connectivity index (χ0v) is 17.6. The number of nitrogens with one attached hydrogen (secondary N) is 2. The molecular weight excluding hydrogens is 420 g/mol. The second-order valence-corrected chi connectivity index (χ2v) is 8.93. The zero-order valence-electron chi connectivity index (χ0n) is 16.7. The lowest BCUT2D eigenvalue weighted by atomic mass is 9.79. The Labute approximate surface area is 180 Å². The van der Waals surface area contributed by atoms with E-state index < -0.39 is 27.3 Å². The number of furan rings is 1. The van der Waals surface area contributed by atoms with E-state index in [-0.39, 0.29) is 23.5 Å². The van der Waals surface area contributed by atoms with Gasteiger partial charge >= 0.3 is 5.97 Å². The van der Waals surface area contributed by atoms with Gasteiger partial charge in [-0.05, 0) is 42.8 Å². The monoisotopic (exact) mass is 442 g/mol. The molecule has 0 saturated heterocycles. The predicted molar refractivity (Wildman–Crippen MR) is 114 cm³/mol. The average molecular weight is 442 g/mol. The summed E-state index contributed by atoms with van der Waals surface area (Å²) >= 11 is 0. The van der Waals surface area contributed by atoms with Crippen LogP contribution in [0.1, 0.15) is 24.7 Å². The van der Waals surface area contributed by atoms with Crippen LogP contribution in [0.25, 0.3) is 0 Å². The lowest BCUT2D eigenvalue weighted by molar-refractivity contribution is -0.145. The number of carboxylic acids is 1. The van der Waals surface area contributed by atoms with Gasteiger partial charge < -0.3 is 14.8 Å². The van der Waals surface area contributed by atoms with Crippen molar-refractivity contribution in [2.75, 3.05) is 5.32 Å². The van der Waals surface area contributed by atoms with Crippen molar-refractivity contribution in [3.8, 4) is 0 Å².